The lowest BCUT2D eigenvalue weighted by atomic mass is 10.0. The van der Waals surface area contributed by atoms with Crippen LogP contribution in [0.1, 0.15) is 11.1 Å². The van der Waals surface area contributed by atoms with Crippen molar-refractivity contribution in [3.63, 3.8) is 0 Å². The molecule has 0 unspecified atom stereocenters. The van der Waals surface area contributed by atoms with Gasteiger partial charge in [-0.2, -0.15) is 0 Å². The number of nitrogens with zero attached hydrogens (tertiary/aromatic N) is 2. The van der Waals surface area contributed by atoms with Gasteiger partial charge in [-0.3, -0.25) is 0 Å². The van der Waals surface area contributed by atoms with Crippen molar-refractivity contribution in [1.82, 2.24) is 9.97 Å². The lowest BCUT2D eigenvalue weighted by molar-refractivity contribution is 1.03. The molecule has 0 fully saturated rings. The number of benzene rings is 2. The van der Waals surface area contributed by atoms with Crippen LogP contribution in [0.4, 0.5) is 5.82 Å². The summed E-state index contributed by atoms with van der Waals surface area (Å²) in [6, 6.07) is 18.0. The number of anilines is 1. The Labute approximate surface area is 129 Å². The molecule has 110 valence electrons. The Morgan fingerprint density at radius 1 is 0.909 bits per heavy atom. The van der Waals surface area contributed by atoms with E-state index in [1.54, 1.807) is 0 Å². The largest absolute Gasteiger partial charge is 0.383 e. The zero-order valence-electron chi connectivity index (χ0n) is 12.5. The number of aryl methyl sites for hydroxylation is 1. The maximum Gasteiger partial charge on any atom is 0.162 e. The molecule has 0 spiro atoms. The molecular weight excluding hydrogens is 272 g/mol. The normalized spacial score (nSPS) is 10.6. The van der Waals surface area contributed by atoms with Crippen LogP contribution in [0, 0.1) is 6.92 Å². The van der Waals surface area contributed by atoms with Crippen molar-refractivity contribution < 1.29 is 0 Å². The SMILES string of the molecule is Cc1cccc(-c2nc(-c3ccccc3)nc(N)c2CN)c1. The molecule has 4 heteroatoms. The van der Waals surface area contributed by atoms with Crippen LogP contribution >= 0.6 is 0 Å². The Kier molecular flexibility index (Phi) is 3.85. The predicted molar refractivity (Wildman–Crippen MR) is 89.9 cm³/mol. The molecule has 0 saturated carbocycles. The second-order valence-corrected chi connectivity index (χ2v) is 5.20. The van der Waals surface area contributed by atoms with Gasteiger partial charge in [-0.15, -0.1) is 0 Å². The van der Waals surface area contributed by atoms with E-state index in [0.717, 1.165) is 22.4 Å². The minimum Gasteiger partial charge on any atom is -0.383 e. The summed E-state index contributed by atoms with van der Waals surface area (Å²) >= 11 is 0. The van der Waals surface area contributed by atoms with Crippen LogP contribution in [0.5, 0.6) is 0 Å². The fraction of sp³-hybridized carbons (Fsp3) is 0.111. The summed E-state index contributed by atoms with van der Waals surface area (Å²) < 4.78 is 0. The Morgan fingerprint density at radius 3 is 2.32 bits per heavy atom. The van der Waals surface area contributed by atoms with Gasteiger partial charge in [0.2, 0.25) is 0 Å². The van der Waals surface area contributed by atoms with Crippen LogP contribution in [0.2, 0.25) is 0 Å². The average molecular weight is 290 g/mol. The van der Waals surface area contributed by atoms with Gasteiger partial charge in [-0.1, -0.05) is 54.1 Å². The predicted octanol–water partition coefficient (Wildman–Crippen LogP) is 3.16. The first-order chi connectivity index (χ1) is 10.7. The first-order valence-corrected chi connectivity index (χ1v) is 7.18. The molecule has 0 radical (unpaired) electrons. The van der Waals surface area contributed by atoms with Crippen molar-refractivity contribution in [2.45, 2.75) is 13.5 Å². The van der Waals surface area contributed by atoms with Gasteiger partial charge in [0.15, 0.2) is 5.82 Å². The van der Waals surface area contributed by atoms with Gasteiger partial charge in [-0.05, 0) is 13.0 Å². The molecule has 4 N–H and O–H groups in total. The van der Waals surface area contributed by atoms with E-state index < -0.39 is 0 Å². The van der Waals surface area contributed by atoms with Gasteiger partial charge in [0.25, 0.3) is 0 Å². The molecule has 0 aliphatic rings. The Balaban J connectivity index is 2.22. The lowest BCUT2D eigenvalue weighted by Crippen LogP contribution is -2.09. The highest BCUT2D eigenvalue weighted by atomic mass is 15.0. The minimum atomic E-state index is 0.310. The van der Waals surface area contributed by atoms with Crippen molar-refractivity contribution in [2.75, 3.05) is 5.73 Å². The zero-order valence-corrected chi connectivity index (χ0v) is 12.5. The van der Waals surface area contributed by atoms with Gasteiger partial charge in [-0.25, -0.2) is 9.97 Å². The molecule has 3 rings (SSSR count). The molecule has 3 aromatic rings. The van der Waals surface area contributed by atoms with E-state index in [0.29, 0.717) is 18.2 Å². The molecular formula is C18H18N4. The highest BCUT2D eigenvalue weighted by Gasteiger charge is 2.14. The summed E-state index contributed by atoms with van der Waals surface area (Å²) in [5.74, 6) is 1.06. The number of hydrogen-bond acceptors (Lipinski definition) is 4. The summed E-state index contributed by atoms with van der Waals surface area (Å²) in [5.41, 5.74) is 16.7. The van der Waals surface area contributed by atoms with Crippen LogP contribution in [0.25, 0.3) is 22.6 Å². The second kappa shape index (κ2) is 5.95. The fourth-order valence-electron chi connectivity index (χ4n) is 2.45. The molecule has 0 saturated heterocycles. The summed E-state index contributed by atoms with van der Waals surface area (Å²) in [6.07, 6.45) is 0. The second-order valence-electron chi connectivity index (χ2n) is 5.20. The number of nitrogen functional groups attached to an aromatic ring is 1. The van der Waals surface area contributed by atoms with Gasteiger partial charge in [0.1, 0.15) is 5.82 Å². The molecule has 1 heterocycles. The third kappa shape index (κ3) is 2.69. The molecule has 0 atom stereocenters. The third-order valence-electron chi connectivity index (χ3n) is 3.57. The van der Waals surface area contributed by atoms with Crippen LogP contribution in [0.15, 0.2) is 54.6 Å². The number of rotatable bonds is 3. The van der Waals surface area contributed by atoms with Gasteiger partial charge < -0.3 is 11.5 Å². The highest BCUT2D eigenvalue weighted by molar-refractivity contribution is 5.71. The van der Waals surface area contributed by atoms with Crippen molar-refractivity contribution in [3.8, 4) is 22.6 Å². The lowest BCUT2D eigenvalue weighted by Gasteiger charge is -2.12. The van der Waals surface area contributed by atoms with Crippen LogP contribution in [0.3, 0.4) is 0 Å². The van der Waals surface area contributed by atoms with Crippen LogP contribution in [-0.4, -0.2) is 9.97 Å². The van der Waals surface area contributed by atoms with E-state index in [1.165, 1.54) is 5.56 Å². The number of aromatic nitrogens is 2. The quantitative estimate of drug-likeness (QED) is 0.776. The number of nitrogens with two attached hydrogens (primary N) is 2. The van der Waals surface area contributed by atoms with E-state index in [9.17, 15) is 0 Å². The van der Waals surface area contributed by atoms with E-state index in [-0.39, 0.29) is 0 Å². The van der Waals surface area contributed by atoms with Crippen LogP contribution < -0.4 is 11.5 Å². The Morgan fingerprint density at radius 2 is 1.64 bits per heavy atom. The Hall–Kier alpha value is -2.72. The molecule has 0 bridgehead atoms. The van der Waals surface area contributed by atoms with Crippen molar-refractivity contribution in [3.05, 3.63) is 65.7 Å². The monoisotopic (exact) mass is 290 g/mol. The minimum absolute atomic E-state index is 0.310. The Bertz CT molecular complexity index is 797. The summed E-state index contributed by atoms with van der Waals surface area (Å²) in [7, 11) is 0. The highest BCUT2D eigenvalue weighted by Crippen LogP contribution is 2.28. The summed E-state index contributed by atoms with van der Waals surface area (Å²) in [6.45, 7) is 2.36. The van der Waals surface area contributed by atoms with Gasteiger partial charge >= 0.3 is 0 Å². The molecule has 22 heavy (non-hydrogen) atoms. The maximum absolute atomic E-state index is 6.11. The van der Waals surface area contributed by atoms with E-state index in [4.69, 9.17) is 16.5 Å². The average Bonchev–Trinajstić information content (AvgIpc) is 2.55. The molecule has 0 amide bonds. The topological polar surface area (TPSA) is 77.8 Å². The molecule has 4 nitrogen and oxygen atoms in total. The van der Waals surface area contributed by atoms with E-state index in [2.05, 4.69) is 11.1 Å². The number of hydrogen-bond donors (Lipinski definition) is 2. The molecule has 0 aliphatic heterocycles. The van der Waals surface area contributed by atoms with E-state index >= 15 is 0 Å². The standard InChI is InChI=1S/C18H18N4/c1-12-6-5-9-14(10-12)16-15(11-19)17(20)22-18(21-16)13-7-3-2-4-8-13/h2-10H,11,19H2,1H3,(H2,20,21,22). The molecule has 1 aromatic heterocycles. The van der Waals surface area contributed by atoms with Gasteiger partial charge in [0.05, 0.1) is 5.69 Å². The van der Waals surface area contributed by atoms with Crippen molar-refractivity contribution in [2.24, 2.45) is 5.73 Å². The zero-order chi connectivity index (χ0) is 15.5. The van der Waals surface area contributed by atoms with Crippen molar-refractivity contribution >= 4 is 5.82 Å². The molecule has 0 aliphatic carbocycles. The fourth-order valence-corrected chi connectivity index (χ4v) is 2.45. The van der Waals surface area contributed by atoms with Crippen LogP contribution in [-0.2, 0) is 6.54 Å². The van der Waals surface area contributed by atoms with Crippen molar-refractivity contribution in [1.29, 1.82) is 0 Å². The maximum atomic E-state index is 6.11. The summed E-state index contributed by atoms with van der Waals surface area (Å²) in [4.78, 5) is 9.12. The smallest absolute Gasteiger partial charge is 0.162 e. The first-order valence-electron chi connectivity index (χ1n) is 7.18. The third-order valence-corrected chi connectivity index (χ3v) is 3.57. The summed E-state index contributed by atoms with van der Waals surface area (Å²) in [5, 5.41) is 0. The van der Waals surface area contributed by atoms with Gasteiger partial charge in [0, 0.05) is 23.2 Å². The molecule has 2 aromatic carbocycles. The van der Waals surface area contributed by atoms with E-state index in [1.807, 2.05) is 55.5 Å². The first kappa shape index (κ1) is 14.2.